The molecule has 16 heavy (non-hydrogen) atoms. The second kappa shape index (κ2) is 6.89. The first-order valence-electron chi connectivity index (χ1n) is 5.30. The van der Waals surface area contributed by atoms with E-state index in [1.807, 2.05) is 0 Å². The molecule has 0 bridgehead atoms. The van der Waals surface area contributed by atoms with Crippen LogP contribution in [0.2, 0.25) is 0 Å². The topological polar surface area (TPSA) is 29.1 Å². The van der Waals surface area contributed by atoms with E-state index in [1.165, 1.54) is 8.66 Å². The molecule has 0 aliphatic heterocycles. The summed E-state index contributed by atoms with van der Waals surface area (Å²) in [6.07, 6.45) is 2.71. The van der Waals surface area contributed by atoms with Crippen LogP contribution in [0.15, 0.2) is 15.9 Å². The Morgan fingerprint density at radius 1 is 1.50 bits per heavy atom. The lowest BCUT2D eigenvalue weighted by Gasteiger charge is -2.18. The molecule has 0 fully saturated rings. The number of hydrogen-bond acceptors (Lipinski definition) is 3. The third-order valence-corrected chi connectivity index (χ3v) is 5.01. The summed E-state index contributed by atoms with van der Waals surface area (Å²) >= 11 is 5.22. The molecule has 0 aromatic carbocycles. The van der Waals surface area contributed by atoms with Gasteiger partial charge in [-0.2, -0.15) is 0 Å². The normalized spacial score (nSPS) is 17.0. The fourth-order valence-corrected chi connectivity index (χ4v) is 3.62. The van der Waals surface area contributed by atoms with E-state index in [4.69, 9.17) is 0 Å². The van der Waals surface area contributed by atoms with E-state index in [1.54, 1.807) is 17.6 Å². The molecular weight excluding hydrogens is 306 g/mol. The van der Waals surface area contributed by atoms with Gasteiger partial charge in [0.25, 0.3) is 0 Å². The van der Waals surface area contributed by atoms with Crippen molar-refractivity contribution in [1.82, 2.24) is 5.32 Å². The average molecular weight is 324 g/mol. The van der Waals surface area contributed by atoms with Gasteiger partial charge in [0.1, 0.15) is 0 Å². The van der Waals surface area contributed by atoms with Gasteiger partial charge in [-0.05, 0) is 48.3 Å². The molecule has 0 aliphatic rings. The Balaban J connectivity index is 2.39. The highest BCUT2D eigenvalue weighted by molar-refractivity contribution is 9.11. The van der Waals surface area contributed by atoms with Gasteiger partial charge >= 0.3 is 0 Å². The van der Waals surface area contributed by atoms with Crippen molar-refractivity contribution in [1.29, 1.82) is 0 Å². The molecule has 0 spiro atoms. The third-order valence-electron chi connectivity index (χ3n) is 2.39. The highest BCUT2D eigenvalue weighted by atomic mass is 79.9. The molecule has 5 heteroatoms. The van der Waals surface area contributed by atoms with Crippen LogP contribution in [0, 0.1) is 0 Å². The summed E-state index contributed by atoms with van der Waals surface area (Å²) in [5.41, 5.74) is 0. The Bertz CT molecular complexity index is 354. The molecule has 0 saturated heterocycles. The van der Waals surface area contributed by atoms with Crippen LogP contribution in [0.25, 0.3) is 0 Å². The monoisotopic (exact) mass is 323 g/mol. The lowest BCUT2D eigenvalue weighted by atomic mass is 10.2. The number of rotatable bonds is 6. The standard InChI is InChI=1S/C11H18BrNOS2/c1-8(6-7-16(3)14)13-9(2)10-4-5-11(12)15-10/h4-5,8-9,13H,6-7H2,1-3H3. The van der Waals surface area contributed by atoms with Gasteiger partial charge < -0.3 is 5.32 Å². The summed E-state index contributed by atoms with van der Waals surface area (Å²) in [5.74, 6) is 0.773. The van der Waals surface area contributed by atoms with Crippen molar-refractivity contribution < 1.29 is 4.21 Å². The summed E-state index contributed by atoms with van der Waals surface area (Å²) in [6, 6.07) is 4.97. The summed E-state index contributed by atoms with van der Waals surface area (Å²) in [6.45, 7) is 4.31. The van der Waals surface area contributed by atoms with Gasteiger partial charge in [-0.25, -0.2) is 0 Å². The first kappa shape index (κ1) is 14.4. The number of hydrogen-bond donors (Lipinski definition) is 1. The van der Waals surface area contributed by atoms with E-state index >= 15 is 0 Å². The zero-order valence-electron chi connectivity index (χ0n) is 9.83. The van der Waals surface area contributed by atoms with Gasteiger partial charge in [0, 0.05) is 39.8 Å². The van der Waals surface area contributed by atoms with E-state index in [0.717, 1.165) is 12.2 Å². The Labute approximate surface area is 112 Å². The van der Waals surface area contributed by atoms with Crippen LogP contribution in [0.4, 0.5) is 0 Å². The Kier molecular flexibility index (Phi) is 6.18. The predicted octanol–water partition coefficient (Wildman–Crippen LogP) is 3.32. The molecule has 3 atom stereocenters. The van der Waals surface area contributed by atoms with Crippen molar-refractivity contribution in [2.75, 3.05) is 12.0 Å². The van der Waals surface area contributed by atoms with Crippen LogP contribution in [0.3, 0.4) is 0 Å². The summed E-state index contributed by atoms with van der Waals surface area (Å²) < 4.78 is 12.2. The van der Waals surface area contributed by atoms with E-state index in [0.29, 0.717) is 12.1 Å². The lowest BCUT2D eigenvalue weighted by molar-refractivity contribution is 0.475. The highest BCUT2D eigenvalue weighted by Crippen LogP contribution is 2.27. The molecule has 1 heterocycles. The largest absolute Gasteiger partial charge is 0.307 e. The molecule has 1 aromatic rings. The molecule has 0 amide bonds. The maximum Gasteiger partial charge on any atom is 0.0701 e. The van der Waals surface area contributed by atoms with Crippen molar-refractivity contribution in [3.63, 3.8) is 0 Å². The maximum atomic E-state index is 11.0. The van der Waals surface area contributed by atoms with Crippen LogP contribution < -0.4 is 5.32 Å². The van der Waals surface area contributed by atoms with E-state index in [2.05, 4.69) is 47.2 Å². The van der Waals surface area contributed by atoms with E-state index < -0.39 is 10.8 Å². The molecule has 0 radical (unpaired) electrons. The fraction of sp³-hybridized carbons (Fsp3) is 0.636. The highest BCUT2D eigenvalue weighted by Gasteiger charge is 2.11. The molecule has 3 unspecified atom stereocenters. The summed E-state index contributed by atoms with van der Waals surface area (Å²) in [5, 5.41) is 3.52. The molecular formula is C11H18BrNOS2. The van der Waals surface area contributed by atoms with Gasteiger partial charge in [0.05, 0.1) is 3.79 Å². The fourth-order valence-electron chi connectivity index (χ4n) is 1.50. The molecule has 1 aromatic heterocycles. The Morgan fingerprint density at radius 2 is 2.19 bits per heavy atom. The van der Waals surface area contributed by atoms with Crippen molar-refractivity contribution in [3.8, 4) is 0 Å². The first-order chi connectivity index (χ1) is 7.49. The second-order valence-electron chi connectivity index (χ2n) is 4.00. The van der Waals surface area contributed by atoms with Crippen LogP contribution in [0.1, 0.15) is 31.2 Å². The molecule has 0 aliphatic carbocycles. The van der Waals surface area contributed by atoms with Crippen LogP contribution in [0.5, 0.6) is 0 Å². The second-order valence-corrected chi connectivity index (χ2v) is 8.05. The van der Waals surface area contributed by atoms with Crippen molar-refractivity contribution in [2.45, 2.75) is 32.4 Å². The Morgan fingerprint density at radius 3 is 2.69 bits per heavy atom. The summed E-state index contributed by atoms with van der Waals surface area (Å²) in [7, 11) is -0.686. The van der Waals surface area contributed by atoms with Crippen molar-refractivity contribution in [2.24, 2.45) is 0 Å². The average Bonchev–Trinajstić information content (AvgIpc) is 2.62. The summed E-state index contributed by atoms with van der Waals surface area (Å²) in [4.78, 5) is 1.33. The lowest BCUT2D eigenvalue weighted by Crippen LogP contribution is -2.29. The minimum Gasteiger partial charge on any atom is -0.307 e. The van der Waals surface area contributed by atoms with Crippen molar-refractivity contribution >= 4 is 38.1 Å². The minimum atomic E-state index is -0.686. The predicted molar refractivity (Wildman–Crippen MR) is 76.6 cm³/mol. The van der Waals surface area contributed by atoms with Crippen LogP contribution >= 0.6 is 27.3 Å². The van der Waals surface area contributed by atoms with Gasteiger partial charge in [0.2, 0.25) is 0 Å². The molecule has 1 rings (SSSR count). The van der Waals surface area contributed by atoms with Gasteiger partial charge in [-0.1, -0.05) is 0 Å². The molecule has 2 nitrogen and oxygen atoms in total. The Hall–Kier alpha value is 0.290. The van der Waals surface area contributed by atoms with Gasteiger partial charge in [-0.3, -0.25) is 4.21 Å². The van der Waals surface area contributed by atoms with Crippen LogP contribution in [-0.4, -0.2) is 22.3 Å². The minimum absolute atomic E-state index is 0.358. The quantitative estimate of drug-likeness (QED) is 0.870. The maximum absolute atomic E-state index is 11.0. The SMILES string of the molecule is CC(CCS(C)=O)NC(C)c1ccc(Br)s1. The van der Waals surface area contributed by atoms with Crippen LogP contribution in [-0.2, 0) is 10.8 Å². The third kappa shape index (κ3) is 5.08. The number of halogens is 1. The van der Waals surface area contributed by atoms with E-state index in [-0.39, 0.29) is 0 Å². The van der Waals surface area contributed by atoms with E-state index in [9.17, 15) is 4.21 Å². The number of thiophene rings is 1. The molecule has 1 N–H and O–H groups in total. The smallest absolute Gasteiger partial charge is 0.0701 e. The zero-order valence-corrected chi connectivity index (χ0v) is 13.0. The van der Waals surface area contributed by atoms with Gasteiger partial charge in [0.15, 0.2) is 0 Å². The molecule has 92 valence electrons. The van der Waals surface area contributed by atoms with Gasteiger partial charge in [-0.15, -0.1) is 11.3 Å². The molecule has 0 saturated carbocycles. The zero-order chi connectivity index (χ0) is 12.1. The first-order valence-corrected chi connectivity index (χ1v) is 8.64. The number of nitrogens with one attached hydrogen (secondary N) is 1. The van der Waals surface area contributed by atoms with Crippen molar-refractivity contribution in [3.05, 3.63) is 20.8 Å².